The standard InChI is InChI=1S/C25H24O3S/c1-24(2,3)23(26)28-25(17-18-11-5-4-6-12-18)19-13-7-9-15-21(19)29(27)22-16-10-8-14-20(22)25/h4-16H,17H2,1-3H3. The van der Waals surface area contributed by atoms with Crippen LogP contribution in [0.5, 0.6) is 0 Å². The average molecular weight is 405 g/mol. The summed E-state index contributed by atoms with van der Waals surface area (Å²) in [5, 5.41) is 0. The van der Waals surface area contributed by atoms with Gasteiger partial charge < -0.3 is 4.74 Å². The minimum Gasteiger partial charge on any atom is -0.448 e. The summed E-state index contributed by atoms with van der Waals surface area (Å²) >= 11 is 0. The minimum absolute atomic E-state index is 0.286. The number of fused-ring (bicyclic) bond motifs is 2. The monoisotopic (exact) mass is 404 g/mol. The first-order valence-electron chi connectivity index (χ1n) is 9.71. The van der Waals surface area contributed by atoms with Gasteiger partial charge in [0.25, 0.3) is 0 Å². The van der Waals surface area contributed by atoms with Crippen molar-refractivity contribution in [1.82, 2.24) is 0 Å². The van der Waals surface area contributed by atoms with Gasteiger partial charge in [0.1, 0.15) is 0 Å². The van der Waals surface area contributed by atoms with Crippen LogP contribution in [0.2, 0.25) is 0 Å². The molecular weight excluding hydrogens is 380 g/mol. The summed E-state index contributed by atoms with van der Waals surface area (Å²) in [6.45, 7) is 5.55. The average Bonchev–Trinajstić information content (AvgIpc) is 2.72. The zero-order valence-corrected chi connectivity index (χ0v) is 17.7. The molecule has 29 heavy (non-hydrogen) atoms. The van der Waals surface area contributed by atoms with Crippen molar-refractivity contribution in [2.45, 2.75) is 42.6 Å². The smallest absolute Gasteiger partial charge is 0.312 e. The summed E-state index contributed by atoms with van der Waals surface area (Å²) in [5.74, 6) is -0.286. The Balaban J connectivity index is 2.00. The second-order valence-electron chi connectivity index (χ2n) is 8.39. The maximum absolute atomic E-state index is 13.3. The third-order valence-electron chi connectivity index (χ3n) is 5.22. The summed E-state index contributed by atoms with van der Waals surface area (Å²) in [5.41, 5.74) is 0.931. The van der Waals surface area contributed by atoms with Crippen LogP contribution in [0.4, 0.5) is 0 Å². The molecule has 3 aromatic rings. The number of rotatable bonds is 3. The quantitative estimate of drug-likeness (QED) is 0.561. The van der Waals surface area contributed by atoms with E-state index >= 15 is 0 Å². The summed E-state index contributed by atoms with van der Waals surface area (Å²) < 4.78 is 19.7. The molecule has 4 heteroatoms. The number of ether oxygens (including phenoxy) is 1. The van der Waals surface area contributed by atoms with E-state index in [0.29, 0.717) is 16.2 Å². The SMILES string of the molecule is CC(C)(C)C(=O)OC1(Cc2ccccc2)c2ccccc2S(=O)c2ccccc21. The Morgan fingerprint density at radius 2 is 1.31 bits per heavy atom. The van der Waals surface area contributed by atoms with Gasteiger partial charge in [-0.15, -0.1) is 0 Å². The number of esters is 1. The van der Waals surface area contributed by atoms with E-state index < -0.39 is 21.8 Å². The lowest BCUT2D eigenvalue weighted by Gasteiger charge is -2.41. The molecule has 0 aliphatic carbocycles. The van der Waals surface area contributed by atoms with Crippen LogP contribution in [0.15, 0.2) is 88.7 Å². The minimum atomic E-state index is -1.32. The van der Waals surface area contributed by atoms with Gasteiger partial charge in [-0.1, -0.05) is 66.7 Å². The molecule has 4 rings (SSSR count). The molecule has 1 heterocycles. The largest absolute Gasteiger partial charge is 0.448 e. The topological polar surface area (TPSA) is 43.4 Å². The summed E-state index contributed by atoms with van der Waals surface area (Å²) in [4.78, 5) is 14.5. The van der Waals surface area contributed by atoms with Crippen LogP contribution in [0.1, 0.15) is 37.5 Å². The van der Waals surface area contributed by atoms with Crippen molar-refractivity contribution in [3.8, 4) is 0 Å². The highest BCUT2D eigenvalue weighted by Crippen LogP contribution is 2.47. The number of benzene rings is 3. The van der Waals surface area contributed by atoms with Gasteiger partial charge in [0.15, 0.2) is 5.60 Å². The van der Waals surface area contributed by atoms with Crippen LogP contribution in [0, 0.1) is 5.41 Å². The molecule has 1 aliphatic rings. The molecule has 3 aromatic carbocycles. The molecule has 0 bridgehead atoms. The van der Waals surface area contributed by atoms with Gasteiger partial charge in [0.2, 0.25) is 0 Å². The van der Waals surface area contributed by atoms with Crippen molar-refractivity contribution in [2.75, 3.05) is 0 Å². The van der Waals surface area contributed by atoms with E-state index in [1.54, 1.807) is 0 Å². The van der Waals surface area contributed by atoms with Crippen molar-refractivity contribution in [3.63, 3.8) is 0 Å². The van der Waals surface area contributed by atoms with Crippen molar-refractivity contribution < 1.29 is 13.7 Å². The zero-order chi connectivity index (χ0) is 20.6. The molecule has 0 unspecified atom stereocenters. The molecule has 1 aliphatic heterocycles. The number of carbonyl (C=O) groups excluding carboxylic acids is 1. The van der Waals surface area contributed by atoms with E-state index in [0.717, 1.165) is 16.7 Å². The predicted molar refractivity (Wildman–Crippen MR) is 114 cm³/mol. The van der Waals surface area contributed by atoms with Crippen LogP contribution < -0.4 is 0 Å². The third kappa shape index (κ3) is 3.42. The molecule has 0 radical (unpaired) electrons. The second kappa shape index (κ2) is 7.27. The van der Waals surface area contributed by atoms with Crippen LogP contribution in [0.25, 0.3) is 0 Å². The van der Waals surface area contributed by atoms with Crippen LogP contribution in [-0.2, 0) is 32.4 Å². The van der Waals surface area contributed by atoms with Gasteiger partial charge in [0, 0.05) is 17.5 Å². The lowest BCUT2D eigenvalue weighted by molar-refractivity contribution is -0.167. The van der Waals surface area contributed by atoms with Crippen LogP contribution in [-0.4, -0.2) is 10.2 Å². The first kappa shape index (κ1) is 19.6. The first-order chi connectivity index (χ1) is 13.8. The fourth-order valence-electron chi connectivity index (χ4n) is 3.72. The molecule has 0 aromatic heterocycles. The van der Waals surface area contributed by atoms with E-state index in [-0.39, 0.29) is 5.97 Å². The predicted octanol–water partition coefficient (Wildman–Crippen LogP) is 5.24. The maximum Gasteiger partial charge on any atom is 0.312 e. The Morgan fingerprint density at radius 3 is 1.83 bits per heavy atom. The molecule has 0 atom stereocenters. The van der Waals surface area contributed by atoms with E-state index in [4.69, 9.17) is 4.74 Å². The second-order valence-corrected chi connectivity index (χ2v) is 9.81. The molecule has 0 spiro atoms. The lowest BCUT2D eigenvalue weighted by atomic mass is 9.80. The molecule has 0 saturated carbocycles. The van der Waals surface area contributed by atoms with Crippen molar-refractivity contribution >= 4 is 16.8 Å². The summed E-state index contributed by atoms with van der Waals surface area (Å²) in [6, 6.07) is 25.2. The number of carbonyl (C=O) groups is 1. The summed E-state index contributed by atoms with van der Waals surface area (Å²) in [7, 11) is -1.32. The van der Waals surface area contributed by atoms with E-state index in [9.17, 15) is 9.00 Å². The highest BCUT2D eigenvalue weighted by atomic mass is 32.2. The molecule has 0 amide bonds. The lowest BCUT2D eigenvalue weighted by Crippen LogP contribution is -2.43. The fourth-order valence-corrected chi connectivity index (χ4v) is 5.23. The Kier molecular flexibility index (Phi) is 4.91. The third-order valence-corrected chi connectivity index (χ3v) is 6.73. The normalized spacial score (nSPS) is 20.4. The Labute approximate surface area is 174 Å². The zero-order valence-electron chi connectivity index (χ0n) is 16.8. The highest BCUT2D eigenvalue weighted by Gasteiger charge is 2.47. The maximum atomic E-state index is 13.3. The van der Waals surface area contributed by atoms with Crippen LogP contribution in [0.3, 0.4) is 0 Å². The van der Waals surface area contributed by atoms with Crippen LogP contribution >= 0.6 is 0 Å². The first-order valence-corrected chi connectivity index (χ1v) is 10.9. The molecule has 0 fully saturated rings. The van der Waals surface area contributed by atoms with E-state index in [1.165, 1.54) is 0 Å². The molecule has 148 valence electrons. The molecule has 0 N–H and O–H groups in total. The van der Waals surface area contributed by atoms with Crippen molar-refractivity contribution in [2.24, 2.45) is 5.41 Å². The molecule has 0 saturated heterocycles. The Hall–Kier alpha value is -2.72. The van der Waals surface area contributed by atoms with E-state index in [2.05, 4.69) is 0 Å². The number of hydrogen-bond donors (Lipinski definition) is 0. The van der Waals surface area contributed by atoms with Gasteiger partial charge in [-0.3, -0.25) is 4.79 Å². The molecule has 3 nitrogen and oxygen atoms in total. The van der Waals surface area contributed by atoms with Gasteiger partial charge in [-0.05, 0) is 38.5 Å². The van der Waals surface area contributed by atoms with Gasteiger partial charge >= 0.3 is 5.97 Å². The van der Waals surface area contributed by atoms with Crippen molar-refractivity contribution in [3.05, 3.63) is 95.6 Å². The summed E-state index contributed by atoms with van der Waals surface area (Å²) in [6.07, 6.45) is 0.473. The van der Waals surface area contributed by atoms with Gasteiger partial charge in [-0.25, -0.2) is 4.21 Å². The van der Waals surface area contributed by atoms with Crippen molar-refractivity contribution in [1.29, 1.82) is 0 Å². The highest BCUT2D eigenvalue weighted by molar-refractivity contribution is 7.85. The Bertz CT molecular complexity index is 1030. The van der Waals surface area contributed by atoms with E-state index in [1.807, 2.05) is 99.6 Å². The molecular formula is C25H24O3S. The van der Waals surface area contributed by atoms with Gasteiger partial charge in [-0.2, -0.15) is 0 Å². The van der Waals surface area contributed by atoms with Gasteiger partial charge in [0.05, 0.1) is 26.0 Å². The number of hydrogen-bond acceptors (Lipinski definition) is 3. The fraction of sp³-hybridized carbons (Fsp3) is 0.240. The Morgan fingerprint density at radius 1 is 0.828 bits per heavy atom.